The second kappa shape index (κ2) is 13.3. The van der Waals surface area contributed by atoms with Crippen molar-refractivity contribution in [1.29, 1.82) is 0 Å². The van der Waals surface area contributed by atoms with Gasteiger partial charge in [-0.25, -0.2) is 17.1 Å². The Morgan fingerprint density at radius 2 is 1.71 bits per heavy atom. The zero-order valence-corrected chi connectivity index (χ0v) is 28.0. The molecule has 0 aromatic heterocycles. The highest BCUT2D eigenvalue weighted by atomic mass is 35.5. The molecule has 2 heterocycles. The molecule has 45 heavy (non-hydrogen) atoms. The van der Waals surface area contributed by atoms with Gasteiger partial charge in [0, 0.05) is 17.7 Å². The molecule has 0 saturated carbocycles. The predicted octanol–water partition coefficient (Wildman–Crippen LogP) is 6.10. The molecule has 0 aliphatic carbocycles. The van der Waals surface area contributed by atoms with Crippen LogP contribution in [0.4, 0.5) is 10.1 Å². The number of amides is 1. The van der Waals surface area contributed by atoms with Gasteiger partial charge in [-0.05, 0) is 115 Å². The van der Waals surface area contributed by atoms with E-state index in [1.54, 1.807) is 36.4 Å². The van der Waals surface area contributed by atoms with Crippen LogP contribution in [0.2, 0.25) is 5.02 Å². The summed E-state index contributed by atoms with van der Waals surface area (Å²) in [4.78, 5) is 19.3. The highest BCUT2D eigenvalue weighted by Crippen LogP contribution is 2.53. The monoisotopic (exact) mass is 657 g/mol. The number of halogens is 2. The van der Waals surface area contributed by atoms with Gasteiger partial charge in [0.15, 0.2) is 0 Å². The number of sulfonamides is 1. The molecule has 1 fully saturated rings. The molecule has 0 N–H and O–H groups in total. The topological polar surface area (TPSA) is 79.4 Å². The quantitative estimate of drug-likeness (QED) is 0.247. The van der Waals surface area contributed by atoms with Crippen molar-refractivity contribution in [2.24, 2.45) is 0 Å². The molecule has 3 aromatic carbocycles. The molecule has 5 rings (SSSR count). The minimum absolute atomic E-state index is 0.0961. The third-order valence-electron chi connectivity index (χ3n) is 8.88. The molecule has 11 heteroatoms. The van der Waals surface area contributed by atoms with Crippen molar-refractivity contribution >= 4 is 33.2 Å². The van der Waals surface area contributed by atoms with E-state index in [4.69, 9.17) is 21.1 Å². The average molecular weight is 658 g/mol. The van der Waals surface area contributed by atoms with Gasteiger partial charge in [0.25, 0.3) is 15.9 Å². The summed E-state index contributed by atoms with van der Waals surface area (Å²) in [7, 11) is 1.16. The summed E-state index contributed by atoms with van der Waals surface area (Å²) in [6.07, 6.45) is 2.69. The SMILES string of the molecule is COc1cc2c(cc1Cl)C(CCCN1CCC(N(C)C)CC1)(c1ccccc1F)C(=O)N2S(=O)(=O)c1ccc(OC(C)C)cc1. The highest BCUT2D eigenvalue weighted by Gasteiger charge is 2.57. The largest absolute Gasteiger partial charge is 0.495 e. The Morgan fingerprint density at radius 3 is 2.31 bits per heavy atom. The second-order valence-corrected chi connectivity index (χ2v) is 14.4. The van der Waals surface area contributed by atoms with E-state index in [9.17, 15) is 13.2 Å². The van der Waals surface area contributed by atoms with Crippen LogP contribution >= 0.6 is 11.6 Å². The number of fused-ring (bicyclic) bond motifs is 1. The Bertz CT molecular complexity index is 1640. The first-order valence-electron chi connectivity index (χ1n) is 15.3. The van der Waals surface area contributed by atoms with E-state index < -0.39 is 27.2 Å². The Labute approximate surface area is 270 Å². The maximum atomic E-state index is 15.8. The van der Waals surface area contributed by atoms with Crippen LogP contribution in [0, 0.1) is 5.82 Å². The van der Waals surface area contributed by atoms with Crippen molar-refractivity contribution < 1.29 is 27.1 Å². The van der Waals surface area contributed by atoms with Crippen LogP contribution in [-0.4, -0.2) is 77.1 Å². The van der Waals surface area contributed by atoms with Crippen molar-refractivity contribution in [2.45, 2.75) is 62.0 Å². The Kier molecular flexibility index (Phi) is 9.79. The van der Waals surface area contributed by atoms with Crippen LogP contribution < -0.4 is 13.8 Å². The zero-order chi connectivity index (χ0) is 32.5. The number of carbonyl (C=O) groups excluding carboxylic acids is 1. The third-order valence-corrected chi connectivity index (χ3v) is 10.9. The van der Waals surface area contributed by atoms with E-state index in [1.807, 2.05) is 13.8 Å². The number of methoxy groups -OCH3 is 1. The lowest BCUT2D eigenvalue weighted by Crippen LogP contribution is -2.45. The van der Waals surface area contributed by atoms with Gasteiger partial charge in [0.2, 0.25) is 0 Å². The van der Waals surface area contributed by atoms with Crippen LogP contribution in [0.25, 0.3) is 0 Å². The molecule has 3 aromatic rings. The minimum atomic E-state index is -4.44. The molecular formula is C34H41ClFN3O5S. The van der Waals surface area contributed by atoms with Crippen LogP contribution in [-0.2, 0) is 20.2 Å². The van der Waals surface area contributed by atoms with Gasteiger partial charge in [0.1, 0.15) is 22.7 Å². The van der Waals surface area contributed by atoms with Gasteiger partial charge in [-0.1, -0.05) is 29.8 Å². The average Bonchev–Trinajstić information content (AvgIpc) is 3.24. The lowest BCUT2D eigenvalue weighted by Gasteiger charge is -2.36. The minimum Gasteiger partial charge on any atom is -0.495 e. The number of ether oxygens (including phenoxy) is 2. The number of hydrogen-bond donors (Lipinski definition) is 0. The van der Waals surface area contributed by atoms with E-state index in [0.29, 0.717) is 30.3 Å². The fraction of sp³-hybridized carbons (Fsp3) is 0.441. The summed E-state index contributed by atoms with van der Waals surface area (Å²) in [5.74, 6) is -0.635. The maximum Gasteiger partial charge on any atom is 0.270 e. The fourth-order valence-corrected chi connectivity index (χ4v) is 8.30. The number of benzene rings is 3. The van der Waals surface area contributed by atoms with E-state index in [2.05, 4.69) is 23.9 Å². The number of piperidine rings is 1. The summed E-state index contributed by atoms with van der Waals surface area (Å²) < 4.78 is 56.4. The van der Waals surface area contributed by atoms with Gasteiger partial charge in [0.05, 0.1) is 28.8 Å². The molecule has 242 valence electrons. The third kappa shape index (κ3) is 6.30. The molecule has 2 aliphatic heterocycles. The second-order valence-electron chi connectivity index (χ2n) is 12.2. The molecule has 0 bridgehead atoms. The lowest BCUT2D eigenvalue weighted by atomic mass is 9.71. The van der Waals surface area contributed by atoms with Crippen molar-refractivity contribution in [3.63, 3.8) is 0 Å². The van der Waals surface area contributed by atoms with Gasteiger partial charge in [-0.3, -0.25) is 4.79 Å². The van der Waals surface area contributed by atoms with Crippen LogP contribution in [0.3, 0.4) is 0 Å². The maximum absolute atomic E-state index is 15.8. The van der Waals surface area contributed by atoms with Crippen LogP contribution in [0.1, 0.15) is 50.7 Å². The summed E-state index contributed by atoms with van der Waals surface area (Å²) in [5, 5.41) is 0.199. The van der Waals surface area contributed by atoms with Gasteiger partial charge in [-0.15, -0.1) is 0 Å². The molecular weight excluding hydrogens is 617 g/mol. The number of carbonyl (C=O) groups is 1. The molecule has 0 radical (unpaired) electrons. The first kappa shape index (κ1) is 33.2. The van der Waals surface area contributed by atoms with Crippen molar-refractivity contribution in [3.8, 4) is 11.5 Å². The van der Waals surface area contributed by atoms with E-state index >= 15 is 4.39 Å². The zero-order valence-electron chi connectivity index (χ0n) is 26.4. The Morgan fingerprint density at radius 1 is 1.04 bits per heavy atom. The summed E-state index contributed by atoms with van der Waals surface area (Å²) in [6.45, 7) is 6.27. The highest BCUT2D eigenvalue weighted by molar-refractivity contribution is 7.93. The molecule has 1 atom stereocenters. The lowest BCUT2D eigenvalue weighted by molar-refractivity contribution is -0.121. The summed E-state index contributed by atoms with van der Waals surface area (Å²) in [6, 6.07) is 15.5. The molecule has 1 amide bonds. The normalized spacial score (nSPS) is 19.4. The number of hydrogen-bond acceptors (Lipinski definition) is 7. The summed E-state index contributed by atoms with van der Waals surface area (Å²) in [5.41, 5.74) is -1.09. The molecule has 1 unspecified atom stereocenters. The molecule has 0 spiro atoms. The van der Waals surface area contributed by atoms with Crippen LogP contribution in [0.15, 0.2) is 65.6 Å². The van der Waals surface area contributed by atoms with E-state index in [0.717, 1.165) is 30.2 Å². The number of likely N-dealkylation sites (tertiary alicyclic amines) is 1. The smallest absolute Gasteiger partial charge is 0.270 e. The number of anilines is 1. The molecule has 1 saturated heterocycles. The van der Waals surface area contributed by atoms with Crippen molar-refractivity contribution in [1.82, 2.24) is 9.80 Å². The summed E-state index contributed by atoms with van der Waals surface area (Å²) >= 11 is 6.62. The number of rotatable bonds is 11. The predicted molar refractivity (Wildman–Crippen MR) is 174 cm³/mol. The molecule has 2 aliphatic rings. The fourth-order valence-electron chi connectivity index (χ4n) is 6.58. The van der Waals surface area contributed by atoms with E-state index in [1.165, 1.54) is 31.4 Å². The first-order valence-corrected chi connectivity index (χ1v) is 17.1. The van der Waals surface area contributed by atoms with Crippen LogP contribution in [0.5, 0.6) is 11.5 Å². The number of nitrogens with zero attached hydrogens (tertiary/aromatic N) is 3. The Hall–Kier alpha value is -3.18. The Balaban J connectivity index is 1.59. The first-order chi connectivity index (χ1) is 21.4. The van der Waals surface area contributed by atoms with Gasteiger partial charge >= 0.3 is 0 Å². The molecule has 8 nitrogen and oxygen atoms in total. The standard InChI is InChI=1S/C34H41ClFN3O5S/c1-23(2)44-25-11-13-26(14-12-25)45(41,42)39-31-22-32(43-5)29(35)21-28(31)34(33(39)40,27-9-6-7-10-30(27)36)17-8-18-38-19-15-24(16-20-38)37(3)4/h6-7,9-14,21-24H,8,15-20H2,1-5H3. The van der Waals surface area contributed by atoms with Gasteiger partial charge in [-0.2, -0.15) is 0 Å². The van der Waals surface area contributed by atoms with Crippen molar-refractivity contribution in [3.05, 3.63) is 82.6 Å². The van der Waals surface area contributed by atoms with Crippen molar-refractivity contribution in [2.75, 3.05) is 45.1 Å². The van der Waals surface area contributed by atoms with Gasteiger partial charge < -0.3 is 19.3 Å². The van der Waals surface area contributed by atoms with E-state index in [-0.39, 0.29) is 39.4 Å².